The highest BCUT2D eigenvalue weighted by Crippen LogP contribution is 2.16. The van der Waals surface area contributed by atoms with Crippen molar-refractivity contribution in [2.75, 3.05) is 5.32 Å². The molecule has 0 aliphatic carbocycles. The van der Waals surface area contributed by atoms with Crippen LogP contribution in [0.5, 0.6) is 0 Å². The van der Waals surface area contributed by atoms with Gasteiger partial charge in [-0.3, -0.25) is 9.59 Å². The van der Waals surface area contributed by atoms with Crippen molar-refractivity contribution in [1.29, 1.82) is 0 Å². The molecule has 124 valence electrons. The van der Waals surface area contributed by atoms with Gasteiger partial charge in [0, 0.05) is 11.3 Å². The first-order chi connectivity index (χ1) is 12.1. The minimum absolute atomic E-state index is 0.568. The van der Waals surface area contributed by atoms with Gasteiger partial charge in [0.15, 0.2) is 0 Å². The Morgan fingerprint density at radius 1 is 0.920 bits per heavy atom. The predicted octanol–water partition coefficient (Wildman–Crippen LogP) is 3.24. The molecule has 2 N–H and O–H groups in total. The third-order valence-electron chi connectivity index (χ3n) is 3.68. The summed E-state index contributed by atoms with van der Waals surface area (Å²) in [5, 5.41) is 8.52. The van der Waals surface area contributed by atoms with E-state index in [4.69, 9.17) is 0 Å². The van der Waals surface area contributed by atoms with Gasteiger partial charge in [0.1, 0.15) is 0 Å². The molecule has 25 heavy (non-hydrogen) atoms. The first-order valence-electron chi connectivity index (χ1n) is 7.82. The number of benzene rings is 3. The Balaban J connectivity index is 1.65. The van der Waals surface area contributed by atoms with Crippen LogP contribution in [0.2, 0.25) is 0 Å². The van der Waals surface area contributed by atoms with Crippen LogP contribution in [0.15, 0.2) is 71.8 Å². The standard InChI is InChI=1S/C20H17N3O2/c1-14-6-4-10-17(12-14)22-19(24)20(25)23-21-13-16-9-5-8-15-7-2-3-11-18(15)16/h2-13H,1H3,(H,22,24)(H,23,25)/b21-13+. The average molecular weight is 331 g/mol. The SMILES string of the molecule is Cc1cccc(NC(=O)C(=O)N/N=C/c2cccc3ccccc23)c1. The fourth-order valence-electron chi connectivity index (χ4n) is 2.48. The van der Waals surface area contributed by atoms with E-state index in [9.17, 15) is 9.59 Å². The third kappa shape index (κ3) is 4.09. The summed E-state index contributed by atoms with van der Waals surface area (Å²) >= 11 is 0. The molecule has 0 aromatic heterocycles. The molecule has 5 nitrogen and oxygen atoms in total. The zero-order chi connectivity index (χ0) is 17.6. The van der Waals surface area contributed by atoms with Crippen LogP contribution in [-0.4, -0.2) is 18.0 Å². The number of carbonyl (C=O) groups is 2. The third-order valence-corrected chi connectivity index (χ3v) is 3.68. The van der Waals surface area contributed by atoms with Gasteiger partial charge in [-0.2, -0.15) is 5.10 Å². The van der Waals surface area contributed by atoms with E-state index in [1.54, 1.807) is 12.1 Å². The first kappa shape index (κ1) is 16.4. The Kier molecular flexibility index (Phi) is 4.85. The lowest BCUT2D eigenvalue weighted by Gasteiger charge is -2.05. The molecule has 5 heteroatoms. The molecule has 0 atom stereocenters. The lowest BCUT2D eigenvalue weighted by molar-refractivity contribution is -0.136. The summed E-state index contributed by atoms with van der Waals surface area (Å²) in [4.78, 5) is 23.7. The minimum Gasteiger partial charge on any atom is -0.318 e. The smallest absolute Gasteiger partial charge is 0.318 e. The molecule has 3 aromatic rings. The second-order valence-corrected chi connectivity index (χ2v) is 5.59. The van der Waals surface area contributed by atoms with E-state index in [0.29, 0.717) is 5.69 Å². The molecule has 0 saturated heterocycles. The van der Waals surface area contributed by atoms with Crippen molar-refractivity contribution in [1.82, 2.24) is 5.43 Å². The Morgan fingerprint density at radius 2 is 1.68 bits per heavy atom. The summed E-state index contributed by atoms with van der Waals surface area (Å²) in [6.45, 7) is 1.91. The number of nitrogens with one attached hydrogen (secondary N) is 2. The number of hydrazone groups is 1. The van der Waals surface area contributed by atoms with E-state index in [-0.39, 0.29) is 0 Å². The summed E-state index contributed by atoms with van der Waals surface area (Å²) in [5.74, 6) is -1.58. The molecule has 0 aliphatic heterocycles. The highest BCUT2D eigenvalue weighted by molar-refractivity contribution is 6.39. The molecule has 3 rings (SSSR count). The lowest BCUT2D eigenvalue weighted by Crippen LogP contribution is -2.32. The van der Waals surface area contributed by atoms with Gasteiger partial charge in [-0.15, -0.1) is 0 Å². The van der Waals surface area contributed by atoms with Crippen molar-refractivity contribution in [3.8, 4) is 0 Å². The van der Waals surface area contributed by atoms with Gasteiger partial charge in [0.05, 0.1) is 6.21 Å². The zero-order valence-corrected chi connectivity index (χ0v) is 13.7. The Morgan fingerprint density at radius 3 is 2.52 bits per heavy atom. The van der Waals surface area contributed by atoms with Crippen LogP contribution in [-0.2, 0) is 9.59 Å². The van der Waals surface area contributed by atoms with Crippen molar-refractivity contribution < 1.29 is 9.59 Å². The molecule has 0 unspecified atom stereocenters. The molecule has 0 fully saturated rings. The van der Waals surface area contributed by atoms with Gasteiger partial charge in [0.25, 0.3) is 0 Å². The summed E-state index contributed by atoms with van der Waals surface area (Å²) in [6, 6.07) is 20.9. The summed E-state index contributed by atoms with van der Waals surface area (Å²) < 4.78 is 0. The maximum absolute atomic E-state index is 11.9. The number of anilines is 1. The Hall–Kier alpha value is -3.47. The average Bonchev–Trinajstić information content (AvgIpc) is 2.62. The van der Waals surface area contributed by atoms with E-state index in [2.05, 4.69) is 15.8 Å². The van der Waals surface area contributed by atoms with E-state index in [1.165, 1.54) is 6.21 Å². The molecule has 0 bridgehead atoms. The zero-order valence-electron chi connectivity index (χ0n) is 13.7. The van der Waals surface area contributed by atoms with Crippen LogP contribution in [0.3, 0.4) is 0 Å². The quantitative estimate of drug-likeness (QED) is 0.439. The molecule has 0 heterocycles. The fraction of sp³-hybridized carbons (Fsp3) is 0.0500. The number of amides is 2. The molecular formula is C20H17N3O2. The fourth-order valence-corrected chi connectivity index (χ4v) is 2.48. The second kappa shape index (κ2) is 7.40. The Bertz CT molecular complexity index is 959. The van der Waals surface area contributed by atoms with E-state index >= 15 is 0 Å². The molecule has 0 spiro atoms. The monoisotopic (exact) mass is 331 g/mol. The molecule has 0 aliphatic rings. The number of carbonyl (C=O) groups excluding carboxylic acids is 2. The van der Waals surface area contributed by atoms with Gasteiger partial charge >= 0.3 is 11.8 Å². The molecule has 0 radical (unpaired) electrons. The molecule has 3 aromatic carbocycles. The van der Waals surface area contributed by atoms with Crippen molar-refractivity contribution in [2.24, 2.45) is 5.10 Å². The van der Waals surface area contributed by atoms with Crippen LogP contribution >= 0.6 is 0 Å². The molecular weight excluding hydrogens is 314 g/mol. The number of nitrogens with zero attached hydrogens (tertiary/aromatic N) is 1. The second-order valence-electron chi connectivity index (χ2n) is 5.59. The predicted molar refractivity (Wildman–Crippen MR) is 99.5 cm³/mol. The maximum Gasteiger partial charge on any atom is 0.329 e. The first-order valence-corrected chi connectivity index (χ1v) is 7.82. The van der Waals surface area contributed by atoms with Crippen molar-refractivity contribution >= 4 is 34.5 Å². The van der Waals surface area contributed by atoms with Gasteiger partial charge in [-0.05, 0) is 35.4 Å². The van der Waals surface area contributed by atoms with Crippen LogP contribution < -0.4 is 10.7 Å². The van der Waals surface area contributed by atoms with Gasteiger partial charge in [-0.1, -0.05) is 54.6 Å². The maximum atomic E-state index is 11.9. The number of hydrogen-bond acceptors (Lipinski definition) is 3. The summed E-state index contributed by atoms with van der Waals surface area (Å²) in [7, 11) is 0. The number of hydrogen-bond donors (Lipinski definition) is 2. The van der Waals surface area contributed by atoms with Gasteiger partial charge in [-0.25, -0.2) is 5.43 Å². The van der Waals surface area contributed by atoms with E-state index in [0.717, 1.165) is 21.9 Å². The molecule has 0 saturated carbocycles. The van der Waals surface area contributed by atoms with Crippen LogP contribution in [0, 0.1) is 6.92 Å². The Labute approximate surface area is 145 Å². The minimum atomic E-state index is -0.821. The number of fused-ring (bicyclic) bond motifs is 1. The van der Waals surface area contributed by atoms with Gasteiger partial charge < -0.3 is 5.32 Å². The van der Waals surface area contributed by atoms with E-state index < -0.39 is 11.8 Å². The van der Waals surface area contributed by atoms with Gasteiger partial charge in [0.2, 0.25) is 0 Å². The lowest BCUT2D eigenvalue weighted by atomic mass is 10.1. The topological polar surface area (TPSA) is 70.6 Å². The summed E-state index contributed by atoms with van der Waals surface area (Å²) in [6.07, 6.45) is 1.53. The largest absolute Gasteiger partial charge is 0.329 e. The van der Waals surface area contributed by atoms with Crippen LogP contribution in [0.1, 0.15) is 11.1 Å². The number of rotatable bonds is 3. The van der Waals surface area contributed by atoms with Crippen molar-refractivity contribution in [3.05, 3.63) is 77.9 Å². The summed E-state index contributed by atoms with van der Waals surface area (Å²) in [5.41, 5.74) is 4.67. The molecule has 2 amide bonds. The number of aryl methyl sites for hydroxylation is 1. The van der Waals surface area contributed by atoms with Crippen molar-refractivity contribution in [3.63, 3.8) is 0 Å². The highest BCUT2D eigenvalue weighted by Gasteiger charge is 2.12. The van der Waals surface area contributed by atoms with Crippen LogP contribution in [0.4, 0.5) is 5.69 Å². The van der Waals surface area contributed by atoms with Crippen LogP contribution in [0.25, 0.3) is 10.8 Å². The van der Waals surface area contributed by atoms with Crippen molar-refractivity contribution in [2.45, 2.75) is 6.92 Å². The normalized spacial score (nSPS) is 10.8. The highest BCUT2D eigenvalue weighted by atomic mass is 16.2. The van der Waals surface area contributed by atoms with E-state index in [1.807, 2.05) is 61.5 Å².